The fourth-order valence-electron chi connectivity index (χ4n) is 3.19. The summed E-state index contributed by atoms with van der Waals surface area (Å²) < 4.78 is 18.9. The van der Waals surface area contributed by atoms with E-state index in [2.05, 4.69) is 4.99 Å². The van der Waals surface area contributed by atoms with Crippen LogP contribution in [0.25, 0.3) is 6.08 Å². The molecule has 0 radical (unpaired) electrons. The lowest BCUT2D eigenvalue weighted by molar-refractivity contribution is -0.384. The minimum absolute atomic E-state index is 0.0352. The molecule has 0 aliphatic carbocycles. The molecule has 0 spiro atoms. The number of rotatable bonds is 7. The Kier molecular flexibility index (Phi) is 7.03. The van der Waals surface area contributed by atoms with E-state index in [4.69, 9.17) is 4.74 Å². The zero-order valence-corrected chi connectivity index (χ0v) is 19.0. The van der Waals surface area contributed by atoms with E-state index >= 15 is 0 Å². The van der Waals surface area contributed by atoms with Gasteiger partial charge in [0.15, 0.2) is 5.17 Å². The lowest BCUT2D eigenvalue weighted by atomic mass is 10.2. The van der Waals surface area contributed by atoms with Crippen LogP contribution in [0.4, 0.5) is 15.8 Å². The molecule has 0 aromatic heterocycles. The molecule has 0 unspecified atom stereocenters. The van der Waals surface area contributed by atoms with Gasteiger partial charge in [-0.3, -0.25) is 19.8 Å². The third kappa shape index (κ3) is 5.49. The Morgan fingerprint density at radius 1 is 1.06 bits per heavy atom. The SMILES string of the molecule is CCN1C(=O)/C(=C\c2ccc(OCc3ccc([N+](=O)[O-])cc3)cc2)SC1=Nc1ccc(F)cc1. The topological polar surface area (TPSA) is 85.0 Å². The molecular weight excluding hydrogens is 457 g/mol. The molecule has 1 heterocycles. The van der Waals surface area contributed by atoms with Gasteiger partial charge in [-0.2, -0.15) is 0 Å². The standard InChI is InChI=1S/C25H20FN3O4S/c1-2-28-24(30)23(34-25(28)27-20-9-7-19(26)8-10-20)15-17-5-13-22(14-6-17)33-16-18-3-11-21(12-4-18)29(31)32/h3-15H,2,16H2,1H3/b23-15+,27-25?. The van der Waals surface area contributed by atoms with Crippen LogP contribution in [0.2, 0.25) is 0 Å². The molecule has 1 amide bonds. The smallest absolute Gasteiger partial charge is 0.269 e. The van der Waals surface area contributed by atoms with E-state index in [9.17, 15) is 19.3 Å². The van der Waals surface area contributed by atoms with Crippen LogP contribution < -0.4 is 4.74 Å². The number of nitro benzene ring substituents is 1. The first-order valence-electron chi connectivity index (χ1n) is 10.4. The molecule has 0 atom stereocenters. The van der Waals surface area contributed by atoms with E-state index < -0.39 is 4.92 Å². The van der Waals surface area contributed by atoms with E-state index in [-0.39, 0.29) is 24.0 Å². The average molecular weight is 478 g/mol. The van der Waals surface area contributed by atoms with E-state index in [0.29, 0.717) is 28.1 Å². The van der Waals surface area contributed by atoms with Crippen molar-refractivity contribution < 1.29 is 18.8 Å². The average Bonchev–Trinajstić information content (AvgIpc) is 3.13. The highest BCUT2D eigenvalue weighted by molar-refractivity contribution is 8.18. The van der Waals surface area contributed by atoms with Crippen LogP contribution >= 0.6 is 11.8 Å². The molecule has 0 bridgehead atoms. The van der Waals surface area contributed by atoms with Gasteiger partial charge in [-0.25, -0.2) is 9.38 Å². The Hall–Kier alpha value is -3.98. The molecule has 1 aliphatic heterocycles. The number of carbonyl (C=O) groups excluding carboxylic acids is 1. The molecule has 0 N–H and O–H groups in total. The number of ether oxygens (including phenoxy) is 1. The fraction of sp³-hybridized carbons (Fsp3) is 0.120. The lowest BCUT2D eigenvalue weighted by Crippen LogP contribution is -2.28. The largest absolute Gasteiger partial charge is 0.489 e. The van der Waals surface area contributed by atoms with Gasteiger partial charge < -0.3 is 4.74 Å². The highest BCUT2D eigenvalue weighted by Crippen LogP contribution is 2.34. The summed E-state index contributed by atoms with van der Waals surface area (Å²) in [5, 5.41) is 11.3. The minimum Gasteiger partial charge on any atom is -0.489 e. The van der Waals surface area contributed by atoms with Crippen molar-refractivity contribution in [3.63, 3.8) is 0 Å². The summed E-state index contributed by atoms with van der Waals surface area (Å²) in [6, 6.07) is 19.3. The van der Waals surface area contributed by atoms with Crippen LogP contribution in [0.1, 0.15) is 18.1 Å². The molecule has 4 rings (SSSR count). The molecule has 0 saturated carbocycles. The molecule has 9 heteroatoms. The van der Waals surface area contributed by atoms with Crippen LogP contribution in [0.5, 0.6) is 5.75 Å². The van der Waals surface area contributed by atoms with E-state index in [1.54, 1.807) is 47.4 Å². The molecule has 3 aromatic carbocycles. The summed E-state index contributed by atoms with van der Waals surface area (Å²) in [7, 11) is 0. The third-order valence-corrected chi connectivity index (χ3v) is 5.99. The summed E-state index contributed by atoms with van der Waals surface area (Å²) in [5.41, 5.74) is 2.26. The van der Waals surface area contributed by atoms with Crippen LogP contribution in [0.15, 0.2) is 82.7 Å². The van der Waals surface area contributed by atoms with Gasteiger partial charge in [-0.15, -0.1) is 0 Å². The number of amidine groups is 1. The van der Waals surface area contributed by atoms with Crippen LogP contribution in [0.3, 0.4) is 0 Å². The molecule has 34 heavy (non-hydrogen) atoms. The monoisotopic (exact) mass is 477 g/mol. The number of nitrogens with zero attached hydrogens (tertiary/aromatic N) is 3. The number of amides is 1. The fourth-order valence-corrected chi connectivity index (χ4v) is 4.25. The Morgan fingerprint density at radius 3 is 2.35 bits per heavy atom. The number of non-ortho nitro benzene ring substituents is 1. The number of halogens is 1. The summed E-state index contributed by atoms with van der Waals surface area (Å²) >= 11 is 1.27. The second-order valence-electron chi connectivity index (χ2n) is 7.31. The molecule has 3 aromatic rings. The van der Waals surface area contributed by atoms with Gasteiger partial charge in [-0.05, 0) is 84.4 Å². The second kappa shape index (κ2) is 10.3. The minimum atomic E-state index is -0.442. The maximum atomic E-state index is 13.2. The van der Waals surface area contributed by atoms with Gasteiger partial charge in [0, 0.05) is 18.7 Å². The Bertz CT molecular complexity index is 1260. The van der Waals surface area contributed by atoms with E-state index in [0.717, 1.165) is 11.1 Å². The second-order valence-corrected chi connectivity index (χ2v) is 8.32. The van der Waals surface area contributed by atoms with Crippen molar-refractivity contribution in [1.82, 2.24) is 4.90 Å². The Morgan fingerprint density at radius 2 is 1.74 bits per heavy atom. The summed E-state index contributed by atoms with van der Waals surface area (Å²) in [4.78, 5) is 29.7. The predicted octanol–water partition coefficient (Wildman–Crippen LogP) is 5.94. The highest BCUT2D eigenvalue weighted by atomic mass is 32.2. The first kappa shape index (κ1) is 23.2. The van der Waals surface area contributed by atoms with Crippen molar-refractivity contribution in [2.24, 2.45) is 4.99 Å². The van der Waals surface area contributed by atoms with Gasteiger partial charge in [-0.1, -0.05) is 12.1 Å². The summed E-state index contributed by atoms with van der Waals surface area (Å²) in [6.07, 6.45) is 1.79. The normalized spacial score (nSPS) is 15.8. The van der Waals surface area contributed by atoms with E-state index in [1.165, 1.54) is 36.0 Å². The first-order chi connectivity index (χ1) is 16.4. The third-order valence-electron chi connectivity index (χ3n) is 4.99. The number of hydrogen-bond acceptors (Lipinski definition) is 6. The number of benzene rings is 3. The summed E-state index contributed by atoms with van der Waals surface area (Å²) in [6.45, 7) is 2.62. The zero-order chi connectivity index (χ0) is 24.1. The number of hydrogen-bond donors (Lipinski definition) is 0. The van der Waals surface area contributed by atoms with Crippen molar-refractivity contribution in [1.29, 1.82) is 0 Å². The predicted molar refractivity (Wildman–Crippen MR) is 130 cm³/mol. The van der Waals surface area contributed by atoms with Gasteiger partial charge in [0.2, 0.25) is 0 Å². The number of thioether (sulfide) groups is 1. The molecule has 1 aliphatic rings. The van der Waals surface area contributed by atoms with Gasteiger partial charge in [0.1, 0.15) is 18.2 Å². The molecular formula is C25H20FN3O4S. The van der Waals surface area contributed by atoms with Crippen LogP contribution in [-0.4, -0.2) is 27.4 Å². The molecule has 172 valence electrons. The van der Waals surface area contributed by atoms with Crippen LogP contribution in [-0.2, 0) is 11.4 Å². The maximum Gasteiger partial charge on any atom is 0.269 e. The van der Waals surface area contributed by atoms with Crippen LogP contribution in [0, 0.1) is 15.9 Å². The number of carbonyl (C=O) groups is 1. The Labute approximate surface area is 199 Å². The van der Waals surface area contributed by atoms with Crippen molar-refractivity contribution in [3.05, 3.63) is 105 Å². The van der Waals surface area contributed by atoms with Gasteiger partial charge in [0.05, 0.1) is 15.5 Å². The van der Waals surface area contributed by atoms with Crippen molar-refractivity contribution in [2.45, 2.75) is 13.5 Å². The van der Waals surface area contributed by atoms with Crippen molar-refractivity contribution >= 4 is 40.3 Å². The molecule has 7 nitrogen and oxygen atoms in total. The maximum absolute atomic E-state index is 13.2. The zero-order valence-electron chi connectivity index (χ0n) is 18.2. The first-order valence-corrected chi connectivity index (χ1v) is 11.3. The highest BCUT2D eigenvalue weighted by Gasteiger charge is 2.32. The quantitative estimate of drug-likeness (QED) is 0.239. The van der Waals surface area contributed by atoms with Gasteiger partial charge >= 0.3 is 0 Å². The van der Waals surface area contributed by atoms with E-state index in [1.807, 2.05) is 19.1 Å². The Balaban J connectivity index is 1.43. The number of nitro groups is 1. The molecule has 1 fully saturated rings. The van der Waals surface area contributed by atoms with Gasteiger partial charge in [0.25, 0.3) is 11.6 Å². The number of aliphatic imine (C=N–C) groups is 1. The molecule has 1 saturated heterocycles. The van der Waals surface area contributed by atoms with Crippen molar-refractivity contribution in [3.8, 4) is 5.75 Å². The summed E-state index contributed by atoms with van der Waals surface area (Å²) in [5.74, 6) is 0.165. The van der Waals surface area contributed by atoms with Crippen molar-refractivity contribution in [2.75, 3.05) is 6.54 Å². The lowest BCUT2D eigenvalue weighted by Gasteiger charge is -2.11. The number of likely N-dealkylation sites (N-methyl/N-ethyl adjacent to an activating group) is 1.